The van der Waals surface area contributed by atoms with Crippen LogP contribution in [0.15, 0.2) is 29.2 Å². The van der Waals surface area contributed by atoms with Gasteiger partial charge in [0.2, 0.25) is 0 Å². The maximum atomic E-state index is 12.2. The Kier molecular flexibility index (Phi) is 3.72. The van der Waals surface area contributed by atoms with Crippen molar-refractivity contribution >= 4 is 23.4 Å². The summed E-state index contributed by atoms with van der Waals surface area (Å²) in [5.41, 5.74) is 2.94. The van der Waals surface area contributed by atoms with Crippen LogP contribution in [-0.4, -0.2) is 22.4 Å². The molecule has 0 atom stereocenters. The summed E-state index contributed by atoms with van der Waals surface area (Å²) in [6.07, 6.45) is 1.99. The zero-order valence-electron chi connectivity index (χ0n) is 10.6. The van der Waals surface area contributed by atoms with Gasteiger partial charge in [-0.15, -0.1) is 11.8 Å². The zero-order valence-corrected chi connectivity index (χ0v) is 11.4. The van der Waals surface area contributed by atoms with Crippen LogP contribution in [0.1, 0.15) is 21.7 Å². The first-order chi connectivity index (χ1) is 8.63. The average Bonchev–Trinajstić information content (AvgIpc) is 2.69. The smallest absolute Gasteiger partial charge is 0.259 e. The lowest BCUT2D eigenvalue weighted by atomic mass is 10.2. The lowest BCUT2D eigenvalue weighted by molar-refractivity contribution is 0.102. The van der Waals surface area contributed by atoms with Crippen LogP contribution >= 0.6 is 11.8 Å². The highest BCUT2D eigenvalue weighted by Gasteiger charge is 2.16. The van der Waals surface area contributed by atoms with Crippen LogP contribution in [0, 0.1) is 13.8 Å². The number of hydrogen-bond donors (Lipinski definition) is 2. The molecule has 0 unspecified atom stereocenters. The molecule has 4 nitrogen and oxygen atoms in total. The number of rotatable bonds is 3. The predicted octanol–water partition coefficient (Wildman–Crippen LogP) is 3.00. The first kappa shape index (κ1) is 12.7. The fourth-order valence-corrected chi connectivity index (χ4v) is 2.37. The summed E-state index contributed by atoms with van der Waals surface area (Å²) in [6, 6.07) is 7.74. The van der Waals surface area contributed by atoms with Crippen LogP contribution in [-0.2, 0) is 0 Å². The molecule has 2 N–H and O–H groups in total. The van der Waals surface area contributed by atoms with Gasteiger partial charge in [0.15, 0.2) is 0 Å². The van der Waals surface area contributed by atoms with Gasteiger partial charge in [0.25, 0.3) is 5.91 Å². The van der Waals surface area contributed by atoms with E-state index >= 15 is 0 Å². The number of carbonyl (C=O) groups excluding carboxylic acids is 1. The van der Waals surface area contributed by atoms with E-state index in [9.17, 15) is 4.79 Å². The van der Waals surface area contributed by atoms with Gasteiger partial charge in [0.05, 0.1) is 16.9 Å². The molecule has 0 saturated heterocycles. The van der Waals surface area contributed by atoms with Gasteiger partial charge < -0.3 is 5.32 Å². The molecule has 0 saturated carbocycles. The molecule has 0 aliphatic rings. The van der Waals surface area contributed by atoms with E-state index in [1.54, 1.807) is 11.8 Å². The van der Waals surface area contributed by atoms with Gasteiger partial charge in [0, 0.05) is 10.6 Å². The summed E-state index contributed by atoms with van der Waals surface area (Å²) >= 11 is 1.60. The molecule has 94 valence electrons. The molecule has 18 heavy (non-hydrogen) atoms. The second kappa shape index (κ2) is 5.27. The first-order valence-electron chi connectivity index (χ1n) is 5.59. The number of nitrogens with zero attached hydrogens (tertiary/aromatic N) is 1. The monoisotopic (exact) mass is 261 g/mol. The minimum atomic E-state index is -0.125. The third-order valence-electron chi connectivity index (χ3n) is 2.71. The van der Waals surface area contributed by atoms with Crippen molar-refractivity contribution in [2.75, 3.05) is 11.6 Å². The zero-order chi connectivity index (χ0) is 13.1. The summed E-state index contributed by atoms with van der Waals surface area (Å²) in [5.74, 6) is -0.125. The van der Waals surface area contributed by atoms with Crippen LogP contribution in [0.25, 0.3) is 0 Å². The third-order valence-corrected chi connectivity index (χ3v) is 3.51. The summed E-state index contributed by atoms with van der Waals surface area (Å²) in [6.45, 7) is 3.66. The van der Waals surface area contributed by atoms with E-state index in [1.807, 2.05) is 44.4 Å². The predicted molar refractivity (Wildman–Crippen MR) is 74.2 cm³/mol. The number of para-hydroxylation sites is 1. The average molecular weight is 261 g/mol. The van der Waals surface area contributed by atoms with Crippen molar-refractivity contribution in [3.8, 4) is 0 Å². The maximum Gasteiger partial charge on any atom is 0.259 e. The van der Waals surface area contributed by atoms with Crippen LogP contribution in [0.5, 0.6) is 0 Å². The Bertz CT molecular complexity index is 558. The van der Waals surface area contributed by atoms with Gasteiger partial charge in [-0.05, 0) is 32.2 Å². The van der Waals surface area contributed by atoms with Gasteiger partial charge in [-0.3, -0.25) is 9.89 Å². The molecule has 0 aliphatic carbocycles. The van der Waals surface area contributed by atoms with Gasteiger partial charge >= 0.3 is 0 Å². The Morgan fingerprint density at radius 3 is 2.67 bits per heavy atom. The summed E-state index contributed by atoms with van der Waals surface area (Å²) in [5, 5.41) is 9.77. The second-order valence-corrected chi connectivity index (χ2v) is 4.81. The highest BCUT2D eigenvalue weighted by molar-refractivity contribution is 7.98. The van der Waals surface area contributed by atoms with Gasteiger partial charge in [-0.2, -0.15) is 5.10 Å². The van der Waals surface area contributed by atoms with Crippen molar-refractivity contribution in [3.63, 3.8) is 0 Å². The van der Waals surface area contributed by atoms with Gasteiger partial charge in [-0.1, -0.05) is 12.1 Å². The van der Waals surface area contributed by atoms with E-state index in [-0.39, 0.29) is 5.91 Å². The Labute approximate surface area is 110 Å². The Hall–Kier alpha value is -1.75. The number of carbonyl (C=O) groups is 1. The quantitative estimate of drug-likeness (QED) is 0.835. The largest absolute Gasteiger partial charge is 0.321 e. The molecule has 1 aromatic heterocycles. The molecule has 1 aromatic carbocycles. The highest BCUT2D eigenvalue weighted by atomic mass is 32.2. The standard InChI is InChI=1S/C13H15N3OS/c1-8-12(9(2)16-15-8)13(17)14-10-6-4-5-7-11(10)18-3/h4-7H,1-3H3,(H,14,17)(H,15,16). The fourth-order valence-electron chi connectivity index (χ4n) is 1.82. The van der Waals surface area contributed by atoms with E-state index in [4.69, 9.17) is 0 Å². The van der Waals surface area contributed by atoms with Crippen molar-refractivity contribution < 1.29 is 4.79 Å². The van der Waals surface area contributed by atoms with Crippen molar-refractivity contribution in [1.82, 2.24) is 10.2 Å². The molecule has 0 aliphatic heterocycles. The molecular weight excluding hydrogens is 246 g/mol. The molecule has 0 spiro atoms. The minimum absolute atomic E-state index is 0.125. The van der Waals surface area contributed by atoms with Crippen LogP contribution < -0.4 is 5.32 Å². The van der Waals surface area contributed by atoms with Crippen molar-refractivity contribution in [2.45, 2.75) is 18.7 Å². The molecule has 2 aromatic rings. The first-order valence-corrected chi connectivity index (χ1v) is 6.82. The van der Waals surface area contributed by atoms with Crippen molar-refractivity contribution in [3.05, 3.63) is 41.2 Å². The number of aromatic nitrogens is 2. The number of amides is 1. The summed E-state index contributed by atoms with van der Waals surface area (Å²) in [7, 11) is 0. The van der Waals surface area contributed by atoms with Crippen LogP contribution in [0.3, 0.4) is 0 Å². The normalized spacial score (nSPS) is 10.4. The van der Waals surface area contributed by atoms with Gasteiger partial charge in [0.1, 0.15) is 0 Å². The van der Waals surface area contributed by atoms with Crippen molar-refractivity contribution in [2.24, 2.45) is 0 Å². The Balaban J connectivity index is 2.27. The molecular formula is C13H15N3OS. The highest BCUT2D eigenvalue weighted by Crippen LogP contribution is 2.25. The molecule has 0 fully saturated rings. The van der Waals surface area contributed by atoms with E-state index < -0.39 is 0 Å². The van der Waals surface area contributed by atoms with E-state index in [0.29, 0.717) is 11.3 Å². The Morgan fingerprint density at radius 2 is 2.06 bits per heavy atom. The van der Waals surface area contributed by atoms with E-state index in [0.717, 1.165) is 16.3 Å². The van der Waals surface area contributed by atoms with E-state index in [1.165, 1.54) is 0 Å². The number of thioether (sulfide) groups is 1. The van der Waals surface area contributed by atoms with Crippen LogP contribution in [0.4, 0.5) is 5.69 Å². The molecule has 0 bridgehead atoms. The van der Waals surface area contributed by atoms with Crippen LogP contribution in [0.2, 0.25) is 0 Å². The number of H-pyrrole nitrogens is 1. The number of hydrogen-bond acceptors (Lipinski definition) is 3. The number of benzene rings is 1. The van der Waals surface area contributed by atoms with Gasteiger partial charge in [-0.25, -0.2) is 0 Å². The second-order valence-electron chi connectivity index (χ2n) is 3.96. The molecule has 1 heterocycles. The summed E-state index contributed by atoms with van der Waals surface area (Å²) < 4.78 is 0. The SMILES string of the molecule is CSc1ccccc1NC(=O)c1c(C)n[nH]c1C. The topological polar surface area (TPSA) is 57.8 Å². The minimum Gasteiger partial charge on any atom is -0.321 e. The molecule has 0 radical (unpaired) electrons. The lowest BCUT2D eigenvalue weighted by Crippen LogP contribution is -2.14. The fraction of sp³-hybridized carbons (Fsp3) is 0.231. The Morgan fingerprint density at radius 1 is 1.33 bits per heavy atom. The molecule has 1 amide bonds. The van der Waals surface area contributed by atoms with E-state index in [2.05, 4.69) is 15.5 Å². The molecule has 5 heteroatoms. The lowest BCUT2D eigenvalue weighted by Gasteiger charge is -2.09. The molecule has 2 rings (SSSR count). The number of aryl methyl sites for hydroxylation is 2. The van der Waals surface area contributed by atoms with Crippen molar-refractivity contribution in [1.29, 1.82) is 0 Å². The summed E-state index contributed by atoms with van der Waals surface area (Å²) in [4.78, 5) is 13.3. The maximum absolute atomic E-state index is 12.2. The third kappa shape index (κ3) is 2.41. The number of nitrogens with one attached hydrogen (secondary N) is 2. The number of aromatic amines is 1. The number of anilines is 1.